The molecule has 2 atom stereocenters. The average molecular weight is 341 g/mol. The van der Waals surface area contributed by atoms with Crippen LogP contribution in [0, 0.1) is 13.8 Å². The van der Waals surface area contributed by atoms with Crippen LogP contribution in [0.2, 0.25) is 0 Å². The van der Waals surface area contributed by atoms with Crippen LogP contribution in [0.1, 0.15) is 43.0 Å². The molecule has 0 fully saturated rings. The lowest BCUT2D eigenvalue weighted by Crippen LogP contribution is -2.38. The van der Waals surface area contributed by atoms with Crippen molar-refractivity contribution in [3.63, 3.8) is 0 Å². The quantitative estimate of drug-likeness (QED) is 0.814. The van der Waals surface area contributed by atoms with Crippen LogP contribution in [0.4, 0.5) is 0 Å². The summed E-state index contributed by atoms with van der Waals surface area (Å²) < 4.78 is 10.9. The van der Waals surface area contributed by atoms with Crippen LogP contribution in [0.15, 0.2) is 42.5 Å². The third kappa shape index (κ3) is 4.99. The zero-order chi connectivity index (χ0) is 18.4. The highest BCUT2D eigenvalue weighted by atomic mass is 16.5. The molecule has 2 rings (SSSR count). The molecule has 0 aliphatic heterocycles. The number of carbonyl (C=O) groups excluding carboxylic acids is 1. The summed E-state index contributed by atoms with van der Waals surface area (Å²) in [5.74, 6) is 1.27. The predicted molar refractivity (Wildman–Crippen MR) is 100 cm³/mol. The van der Waals surface area contributed by atoms with Gasteiger partial charge in [0.25, 0.3) is 5.91 Å². The summed E-state index contributed by atoms with van der Waals surface area (Å²) in [7, 11) is 1.61. The van der Waals surface area contributed by atoms with E-state index in [-0.39, 0.29) is 11.9 Å². The first kappa shape index (κ1) is 18.8. The molecule has 0 heterocycles. The van der Waals surface area contributed by atoms with Crippen molar-refractivity contribution in [2.75, 3.05) is 7.11 Å². The molecule has 4 heteroatoms. The van der Waals surface area contributed by atoms with E-state index >= 15 is 0 Å². The molecule has 0 spiro atoms. The van der Waals surface area contributed by atoms with E-state index < -0.39 is 6.10 Å². The molecule has 0 aromatic heterocycles. The first-order chi connectivity index (χ1) is 11.9. The Bertz CT molecular complexity index is 710. The maximum atomic E-state index is 12.5. The predicted octanol–water partition coefficient (Wildman–Crippen LogP) is 4.35. The highest BCUT2D eigenvalue weighted by Gasteiger charge is 2.20. The van der Waals surface area contributed by atoms with Gasteiger partial charge in [-0.15, -0.1) is 0 Å². The third-order valence-electron chi connectivity index (χ3n) is 4.27. The highest BCUT2D eigenvalue weighted by Crippen LogP contribution is 2.22. The van der Waals surface area contributed by atoms with E-state index in [9.17, 15) is 4.79 Å². The maximum Gasteiger partial charge on any atom is 0.261 e. The minimum absolute atomic E-state index is 0.0185. The van der Waals surface area contributed by atoms with Gasteiger partial charge in [-0.05, 0) is 62.6 Å². The minimum Gasteiger partial charge on any atom is -0.497 e. The van der Waals surface area contributed by atoms with Crippen molar-refractivity contribution in [1.29, 1.82) is 0 Å². The Kier molecular flexibility index (Phi) is 6.45. The smallest absolute Gasteiger partial charge is 0.261 e. The van der Waals surface area contributed by atoms with Crippen LogP contribution in [-0.4, -0.2) is 19.1 Å². The largest absolute Gasteiger partial charge is 0.497 e. The van der Waals surface area contributed by atoms with Crippen molar-refractivity contribution < 1.29 is 14.3 Å². The van der Waals surface area contributed by atoms with Gasteiger partial charge in [0.1, 0.15) is 11.5 Å². The summed E-state index contributed by atoms with van der Waals surface area (Å²) >= 11 is 0. The lowest BCUT2D eigenvalue weighted by atomic mass is 9.97. The van der Waals surface area contributed by atoms with Gasteiger partial charge >= 0.3 is 0 Å². The molecule has 0 saturated heterocycles. The van der Waals surface area contributed by atoms with Crippen molar-refractivity contribution in [2.45, 2.75) is 46.3 Å². The second-order valence-corrected chi connectivity index (χ2v) is 6.27. The summed E-state index contributed by atoms with van der Waals surface area (Å²) in [5.41, 5.74) is 3.56. The van der Waals surface area contributed by atoms with Gasteiger partial charge in [0.05, 0.1) is 13.2 Å². The molecule has 0 aliphatic rings. The molecule has 25 heavy (non-hydrogen) atoms. The van der Waals surface area contributed by atoms with Gasteiger partial charge in [-0.2, -0.15) is 0 Å². The molecule has 0 radical (unpaired) electrons. The lowest BCUT2D eigenvalue weighted by Gasteiger charge is -2.22. The number of benzene rings is 2. The zero-order valence-electron chi connectivity index (χ0n) is 15.6. The summed E-state index contributed by atoms with van der Waals surface area (Å²) in [4.78, 5) is 12.5. The zero-order valence-corrected chi connectivity index (χ0v) is 15.6. The fourth-order valence-corrected chi connectivity index (χ4v) is 2.82. The number of methoxy groups -OCH3 is 1. The van der Waals surface area contributed by atoms with Gasteiger partial charge in [-0.25, -0.2) is 0 Å². The Morgan fingerprint density at radius 2 is 1.72 bits per heavy atom. The second kappa shape index (κ2) is 8.56. The van der Waals surface area contributed by atoms with Crippen molar-refractivity contribution in [3.8, 4) is 11.5 Å². The van der Waals surface area contributed by atoms with Gasteiger partial charge in [0, 0.05) is 0 Å². The van der Waals surface area contributed by atoms with Crippen molar-refractivity contribution in [1.82, 2.24) is 5.32 Å². The van der Waals surface area contributed by atoms with E-state index in [0.717, 1.165) is 17.7 Å². The summed E-state index contributed by atoms with van der Waals surface area (Å²) in [5, 5.41) is 3.10. The van der Waals surface area contributed by atoms with Gasteiger partial charge in [0.15, 0.2) is 6.10 Å². The molecular weight excluding hydrogens is 314 g/mol. The highest BCUT2D eigenvalue weighted by molar-refractivity contribution is 5.81. The van der Waals surface area contributed by atoms with Crippen molar-refractivity contribution in [2.24, 2.45) is 0 Å². The van der Waals surface area contributed by atoms with Crippen LogP contribution >= 0.6 is 0 Å². The number of nitrogens with one attached hydrogen (secondary N) is 1. The number of amides is 1. The third-order valence-corrected chi connectivity index (χ3v) is 4.27. The van der Waals surface area contributed by atoms with E-state index in [4.69, 9.17) is 9.47 Å². The molecule has 0 saturated carbocycles. The molecule has 4 nitrogen and oxygen atoms in total. The van der Waals surface area contributed by atoms with Gasteiger partial charge in [-0.3, -0.25) is 4.79 Å². The van der Waals surface area contributed by atoms with Crippen LogP contribution in [-0.2, 0) is 4.79 Å². The second-order valence-electron chi connectivity index (χ2n) is 6.27. The van der Waals surface area contributed by atoms with Crippen LogP contribution in [0.3, 0.4) is 0 Å². The van der Waals surface area contributed by atoms with E-state index in [1.807, 2.05) is 12.1 Å². The SMILES string of the molecule is CC[C@@H](NC(=O)[C@@H](C)Oc1ccc(OC)cc1)c1ccc(C)cc1C. The lowest BCUT2D eigenvalue weighted by molar-refractivity contribution is -0.128. The number of hydrogen-bond acceptors (Lipinski definition) is 3. The summed E-state index contributed by atoms with van der Waals surface area (Å²) in [6.45, 7) is 7.98. The fourth-order valence-electron chi connectivity index (χ4n) is 2.82. The normalized spacial score (nSPS) is 13.0. The number of carbonyl (C=O) groups is 1. The Morgan fingerprint density at radius 3 is 2.28 bits per heavy atom. The van der Waals surface area contributed by atoms with Gasteiger partial charge in [-0.1, -0.05) is 30.7 Å². The molecule has 2 aromatic carbocycles. The Morgan fingerprint density at radius 1 is 1.08 bits per heavy atom. The summed E-state index contributed by atoms with van der Waals surface area (Å²) in [6.07, 6.45) is 0.249. The Labute approximate surface area is 150 Å². The van der Waals surface area contributed by atoms with E-state index in [1.165, 1.54) is 11.1 Å². The summed E-state index contributed by atoms with van der Waals surface area (Å²) in [6, 6.07) is 13.5. The molecule has 2 aromatic rings. The van der Waals surface area contributed by atoms with E-state index in [0.29, 0.717) is 5.75 Å². The topological polar surface area (TPSA) is 47.6 Å². The van der Waals surface area contributed by atoms with Crippen LogP contribution in [0.25, 0.3) is 0 Å². The van der Waals surface area contributed by atoms with Gasteiger partial charge < -0.3 is 14.8 Å². The van der Waals surface area contributed by atoms with E-state index in [1.54, 1.807) is 26.2 Å². The number of ether oxygens (including phenoxy) is 2. The van der Waals surface area contributed by atoms with Crippen LogP contribution < -0.4 is 14.8 Å². The maximum absolute atomic E-state index is 12.5. The number of hydrogen-bond donors (Lipinski definition) is 1. The molecule has 0 aliphatic carbocycles. The molecular formula is C21H27NO3. The molecule has 0 unspecified atom stereocenters. The van der Waals surface area contributed by atoms with Crippen molar-refractivity contribution in [3.05, 3.63) is 59.2 Å². The van der Waals surface area contributed by atoms with E-state index in [2.05, 4.69) is 44.3 Å². The molecule has 1 N–H and O–H groups in total. The first-order valence-electron chi connectivity index (χ1n) is 8.62. The molecule has 1 amide bonds. The number of rotatable bonds is 7. The fraction of sp³-hybridized carbons (Fsp3) is 0.381. The van der Waals surface area contributed by atoms with Crippen LogP contribution in [0.5, 0.6) is 11.5 Å². The standard InChI is InChI=1S/C21H27NO3/c1-6-20(19-12-7-14(2)13-15(19)3)22-21(23)16(4)25-18-10-8-17(24-5)9-11-18/h7-13,16,20H,6H2,1-5H3,(H,22,23)/t16-,20-/m1/s1. The monoisotopic (exact) mass is 341 g/mol. The Hall–Kier alpha value is -2.49. The van der Waals surface area contributed by atoms with Gasteiger partial charge in [0.2, 0.25) is 0 Å². The molecule has 0 bridgehead atoms. The minimum atomic E-state index is -0.576. The number of aryl methyl sites for hydroxylation is 2. The average Bonchev–Trinajstić information content (AvgIpc) is 2.60. The van der Waals surface area contributed by atoms with Crippen molar-refractivity contribution >= 4 is 5.91 Å². The first-order valence-corrected chi connectivity index (χ1v) is 8.62. The molecule has 134 valence electrons. The Balaban J connectivity index is 2.02.